The molecular formula is C16H31NO3S. The molecule has 1 amide bonds. The minimum atomic E-state index is -0.982. The third kappa shape index (κ3) is 12.7. The van der Waals surface area contributed by atoms with Crippen molar-refractivity contribution in [2.24, 2.45) is 0 Å². The Morgan fingerprint density at radius 1 is 1.00 bits per heavy atom. The lowest BCUT2D eigenvalue weighted by atomic mass is 10.1. The zero-order valence-corrected chi connectivity index (χ0v) is 14.2. The Bertz CT molecular complexity index is 285. The first-order chi connectivity index (χ1) is 10.1. The standard InChI is InChI=1S/C16H31NO3S/c1-2-3-4-5-6-7-8-9-10-11-15(18)17-14(12-13-21)16(19)20/h14,21H,2-13H2,1H3,(H,17,18)(H,19,20)/t14-/m1/s1. The lowest BCUT2D eigenvalue weighted by Crippen LogP contribution is -2.40. The summed E-state index contributed by atoms with van der Waals surface area (Å²) in [7, 11) is 0. The summed E-state index contributed by atoms with van der Waals surface area (Å²) in [5.74, 6) is -0.688. The average molecular weight is 317 g/mol. The highest BCUT2D eigenvalue weighted by molar-refractivity contribution is 7.80. The fraction of sp³-hybridized carbons (Fsp3) is 0.875. The number of carboxylic acids is 1. The lowest BCUT2D eigenvalue weighted by molar-refractivity contribution is -0.141. The summed E-state index contributed by atoms with van der Waals surface area (Å²) >= 11 is 4.00. The molecule has 0 unspecified atom stereocenters. The number of aliphatic carboxylic acids is 1. The fourth-order valence-electron chi connectivity index (χ4n) is 2.25. The van der Waals surface area contributed by atoms with Crippen molar-refractivity contribution in [1.29, 1.82) is 0 Å². The van der Waals surface area contributed by atoms with E-state index in [0.29, 0.717) is 18.6 Å². The minimum Gasteiger partial charge on any atom is -0.480 e. The molecule has 0 heterocycles. The largest absolute Gasteiger partial charge is 0.480 e. The van der Waals surface area contributed by atoms with Gasteiger partial charge in [0, 0.05) is 6.42 Å². The van der Waals surface area contributed by atoms with Crippen molar-refractivity contribution in [2.45, 2.75) is 83.6 Å². The number of carboxylic acid groups (broad SMARTS) is 1. The van der Waals surface area contributed by atoms with E-state index >= 15 is 0 Å². The van der Waals surface area contributed by atoms with E-state index in [4.69, 9.17) is 5.11 Å². The van der Waals surface area contributed by atoms with E-state index in [-0.39, 0.29) is 5.91 Å². The average Bonchev–Trinajstić information content (AvgIpc) is 2.45. The number of carbonyl (C=O) groups is 2. The predicted molar refractivity (Wildman–Crippen MR) is 89.9 cm³/mol. The Labute approximate surface area is 134 Å². The molecule has 0 radical (unpaired) electrons. The molecule has 0 rings (SSSR count). The van der Waals surface area contributed by atoms with Crippen molar-refractivity contribution < 1.29 is 14.7 Å². The summed E-state index contributed by atoms with van der Waals surface area (Å²) in [6.07, 6.45) is 11.6. The van der Waals surface area contributed by atoms with Crippen LogP contribution in [-0.2, 0) is 9.59 Å². The first kappa shape index (κ1) is 20.3. The molecule has 5 heteroatoms. The van der Waals surface area contributed by atoms with E-state index in [0.717, 1.165) is 12.8 Å². The smallest absolute Gasteiger partial charge is 0.326 e. The molecule has 0 fully saturated rings. The van der Waals surface area contributed by atoms with Crippen LogP contribution in [0.3, 0.4) is 0 Å². The predicted octanol–water partition coefficient (Wildman–Crippen LogP) is 3.80. The van der Waals surface area contributed by atoms with Crippen molar-refractivity contribution in [2.75, 3.05) is 5.75 Å². The Morgan fingerprint density at radius 3 is 2.00 bits per heavy atom. The fourth-order valence-corrected chi connectivity index (χ4v) is 2.51. The molecule has 4 nitrogen and oxygen atoms in total. The van der Waals surface area contributed by atoms with Crippen molar-refractivity contribution in [3.63, 3.8) is 0 Å². The van der Waals surface area contributed by atoms with E-state index in [1.54, 1.807) is 0 Å². The topological polar surface area (TPSA) is 66.4 Å². The van der Waals surface area contributed by atoms with E-state index in [2.05, 4.69) is 24.9 Å². The molecule has 0 aliphatic heterocycles. The van der Waals surface area contributed by atoms with Crippen LogP contribution in [0.15, 0.2) is 0 Å². The number of rotatable bonds is 14. The van der Waals surface area contributed by atoms with Gasteiger partial charge < -0.3 is 10.4 Å². The number of thiol groups is 1. The molecular weight excluding hydrogens is 286 g/mol. The number of amides is 1. The lowest BCUT2D eigenvalue weighted by Gasteiger charge is -2.13. The Hall–Kier alpha value is -0.710. The van der Waals surface area contributed by atoms with Gasteiger partial charge in [0.05, 0.1) is 0 Å². The van der Waals surface area contributed by atoms with Gasteiger partial charge in [-0.3, -0.25) is 4.79 Å². The number of nitrogens with one attached hydrogen (secondary N) is 1. The summed E-state index contributed by atoms with van der Waals surface area (Å²) < 4.78 is 0. The molecule has 0 aliphatic carbocycles. The second-order valence-corrected chi connectivity index (χ2v) is 6.00. The molecule has 0 saturated carbocycles. The highest BCUT2D eigenvalue weighted by Gasteiger charge is 2.18. The van der Waals surface area contributed by atoms with Gasteiger partial charge in [-0.1, -0.05) is 58.3 Å². The molecule has 2 N–H and O–H groups in total. The van der Waals surface area contributed by atoms with Gasteiger partial charge in [-0.2, -0.15) is 12.6 Å². The van der Waals surface area contributed by atoms with Crippen molar-refractivity contribution in [3.8, 4) is 0 Å². The van der Waals surface area contributed by atoms with Crippen LogP contribution in [0.2, 0.25) is 0 Å². The molecule has 0 bridgehead atoms. The van der Waals surface area contributed by atoms with Crippen LogP contribution in [0.25, 0.3) is 0 Å². The third-order valence-corrected chi connectivity index (χ3v) is 3.82. The molecule has 0 aromatic carbocycles. The van der Waals surface area contributed by atoms with E-state index in [1.807, 2.05) is 0 Å². The van der Waals surface area contributed by atoms with Crippen LogP contribution in [0.1, 0.15) is 77.6 Å². The van der Waals surface area contributed by atoms with Gasteiger partial charge in [0.2, 0.25) is 5.91 Å². The normalized spacial score (nSPS) is 12.1. The molecule has 0 aromatic rings. The Morgan fingerprint density at radius 2 is 1.52 bits per heavy atom. The van der Waals surface area contributed by atoms with Gasteiger partial charge in [-0.05, 0) is 18.6 Å². The van der Waals surface area contributed by atoms with Gasteiger partial charge in [-0.25, -0.2) is 4.79 Å². The van der Waals surface area contributed by atoms with Crippen LogP contribution in [-0.4, -0.2) is 28.8 Å². The van der Waals surface area contributed by atoms with E-state index < -0.39 is 12.0 Å². The summed E-state index contributed by atoms with van der Waals surface area (Å²) in [5.41, 5.74) is 0. The monoisotopic (exact) mass is 317 g/mol. The highest BCUT2D eigenvalue weighted by atomic mass is 32.1. The van der Waals surface area contributed by atoms with Crippen LogP contribution >= 0.6 is 12.6 Å². The maximum Gasteiger partial charge on any atom is 0.326 e. The minimum absolute atomic E-state index is 0.160. The van der Waals surface area contributed by atoms with Crippen molar-refractivity contribution >= 4 is 24.5 Å². The molecule has 1 atom stereocenters. The molecule has 0 aliphatic rings. The molecule has 21 heavy (non-hydrogen) atoms. The SMILES string of the molecule is CCCCCCCCCCCC(=O)N[C@H](CCS)C(=O)O. The number of hydrogen-bond acceptors (Lipinski definition) is 3. The Balaban J connectivity index is 3.50. The molecule has 0 saturated heterocycles. The number of unbranched alkanes of at least 4 members (excludes halogenated alkanes) is 8. The zero-order valence-electron chi connectivity index (χ0n) is 13.3. The summed E-state index contributed by atoms with van der Waals surface area (Å²) in [5, 5.41) is 11.5. The number of carbonyl (C=O) groups excluding carboxylic acids is 1. The molecule has 0 spiro atoms. The first-order valence-electron chi connectivity index (χ1n) is 8.24. The van der Waals surface area contributed by atoms with Crippen LogP contribution in [0.4, 0.5) is 0 Å². The highest BCUT2D eigenvalue weighted by Crippen LogP contribution is 2.10. The zero-order chi connectivity index (χ0) is 15.9. The summed E-state index contributed by atoms with van der Waals surface area (Å²) in [6, 6.07) is -0.798. The van der Waals surface area contributed by atoms with Gasteiger partial charge in [0.25, 0.3) is 0 Å². The number of hydrogen-bond donors (Lipinski definition) is 3. The second kappa shape index (κ2) is 14.2. The molecule has 124 valence electrons. The van der Waals surface area contributed by atoms with Gasteiger partial charge in [0.15, 0.2) is 0 Å². The maximum absolute atomic E-state index is 11.6. The second-order valence-electron chi connectivity index (χ2n) is 5.55. The van der Waals surface area contributed by atoms with Crippen LogP contribution in [0, 0.1) is 0 Å². The summed E-state index contributed by atoms with van der Waals surface area (Å²) in [6.45, 7) is 2.22. The quantitative estimate of drug-likeness (QED) is 0.337. The van der Waals surface area contributed by atoms with E-state index in [1.165, 1.54) is 44.9 Å². The summed E-state index contributed by atoms with van der Waals surface area (Å²) in [4.78, 5) is 22.5. The first-order valence-corrected chi connectivity index (χ1v) is 8.88. The van der Waals surface area contributed by atoms with Gasteiger partial charge in [-0.15, -0.1) is 0 Å². The van der Waals surface area contributed by atoms with Crippen molar-refractivity contribution in [3.05, 3.63) is 0 Å². The third-order valence-electron chi connectivity index (χ3n) is 3.56. The van der Waals surface area contributed by atoms with Crippen LogP contribution in [0.5, 0.6) is 0 Å². The Kier molecular flexibility index (Phi) is 13.8. The molecule has 0 aromatic heterocycles. The van der Waals surface area contributed by atoms with Gasteiger partial charge in [0.1, 0.15) is 6.04 Å². The van der Waals surface area contributed by atoms with Crippen molar-refractivity contribution in [1.82, 2.24) is 5.32 Å². The van der Waals surface area contributed by atoms with E-state index in [9.17, 15) is 9.59 Å². The maximum atomic E-state index is 11.6. The van der Waals surface area contributed by atoms with Crippen LogP contribution < -0.4 is 5.32 Å². The van der Waals surface area contributed by atoms with Gasteiger partial charge >= 0.3 is 5.97 Å².